The Bertz CT molecular complexity index is 686. The second-order valence-corrected chi connectivity index (χ2v) is 6.79. The molecule has 1 aromatic carbocycles. The number of nitrogens with zero attached hydrogens (tertiary/aromatic N) is 3. The lowest BCUT2D eigenvalue weighted by molar-refractivity contribution is -0.116. The Hall–Kier alpha value is -2.30. The van der Waals surface area contributed by atoms with Crippen molar-refractivity contribution in [1.82, 2.24) is 9.78 Å². The summed E-state index contributed by atoms with van der Waals surface area (Å²) in [5.74, 6) is 0.861. The third kappa shape index (κ3) is 4.37. The highest BCUT2D eigenvalue weighted by Gasteiger charge is 2.16. The van der Waals surface area contributed by atoms with Crippen molar-refractivity contribution in [3.63, 3.8) is 0 Å². The summed E-state index contributed by atoms with van der Waals surface area (Å²) in [6.45, 7) is 4.51. The van der Waals surface area contributed by atoms with Crippen LogP contribution in [0.25, 0.3) is 0 Å². The van der Waals surface area contributed by atoms with Gasteiger partial charge in [-0.05, 0) is 48.9 Å². The minimum absolute atomic E-state index is 0.0447. The average Bonchev–Trinajstić information content (AvgIpc) is 2.99. The monoisotopic (exact) mass is 326 g/mol. The number of carbonyl (C=O) groups is 1. The highest BCUT2D eigenvalue weighted by atomic mass is 16.1. The summed E-state index contributed by atoms with van der Waals surface area (Å²) in [5.41, 5.74) is 3.16. The SMILES string of the molecule is CC1CCN(c2cccc(NC(=O)CCc3cnn(C)c3)c2)CC1. The first kappa shape index (κ1) is 16.6. The standard InChI is InChI=1S/C19H26N4O/c1-15-8-10-23(11-9-15)18-5-3-4-17(12-18)21-19(24)7-6-16-13-20-22(2)14-16/h3-5,12-15H,6-11H2,1-2H3,(H,21,24). The van der Waals surface area contributed by atoms with E-state index in [2.05, 4.69) is 34.4 Å². The minimum atomic E-state index is 0.0447. The Labute approximate surface area is 143 Å². The van der Waals surface area contributed by atoms with E-state index >= 15 is 0 Å². The number of hydrogen-bond donors (Lipinski definition) is 1. The Morgan fingerprint density at radius 1 is 1.33 bits per heavy atom. The predicted molar refractivity (Wildman–Crippen MR) is 97.2 cm³/mol. The molecular weight excluding hydrogens is 300 g/mol. The Morgan fingerprint density at radius 3 is 2.83 bits per heavy atom. The van der Waals surface area contributed by atoms with Crippen LogP contribution in [0.3, 0.4) is 0 Å². The number of hydrogen-bond acceptors (Lipinski definition) is 3. The summed E-state index contributed by atoms with van der Waals surface area (Å²) in [7, 11) is 1.89. The molecule has 2 heterocycles. The van der Waals surface area contributed by atoms with Crippen molar-refractivity contribution >= 4 is 17.3 Å². The van der Waals surface area contributed by atoms with E-state index in [9.17, 15) is 4.79 Å². The number of aryl methyl sites for hydroxylation is 2. The molecule has 0 spiro atoms. The summed E-state index contributed by atoms with van der Waals surface area (Å²) < 4.78 is 1.76. The van der Waals surface area contributed by atoms with Gasteiger partial charge in [-0.1, -0.05) is 13.0 Å². The first-order valence-corrected chi connectivity index (χ1v) is 8.72. The van der Waals surface area contributed by atoms with Crippen LogP contribution in [0.5, 0.6) is 0 Å². The number of carbonyl (C=O) groups excluding carboxylic acids is 1. The molecule has 1 amide bonds. The second-order valence-electron chi connectivity index (χ2n) is 6.79. The van der Waals surface area contributed by atoms with E-state index in [1.54, 1.807) is 4.68 Å². The van der Waals surface area contributed by atoms with Crippen LogP contribution >= 0.6 is 0 Å². The van der Waals surface area contributed by atoms with Gasteiger partial charge in [0.2, 0.25) is 5.91 Å². The quantitative estimate of drug-likeness (QED) is 0.918. The van der Waals surface area contributed by atoms with Crippen LogP contribution in [0.15, 0.2) is 36.7 Å². The van der Waals surface area contributed by atoms with E-state index < -0.39 is 0 Å². The van der Waals surface area contributed by atoms with Crippen molar-refractivity contribution in [2.75, 3.05) is 23.3 Å². The average molecular weight is 326 g/mol. The van der Waals surface area contributed by atoms with Crippen molar-refractivity contribution in [2.24, 2.45) is 13.0 Å². The number of anilines is 2. The topological polar surface area (TPSA) is 50.2 Å². The molecular formula is C19H26N4O. The maximum atomic E-state index is 12.2. The fraction of sp³-hybridized carbons (Fsp3) is 0.474. The van der Waals surface area contributed by atoms with Crippen LogP contribution in [0.2, 0.25) is 0 Å². The molecule has 1 aliphatic rings. The molecule has 5 heteroatoms. The number of amides is 1. The number of nitrogens with one attached hydrogen (secondary N) is 1. The van der Waals surface area contributed by atoms with Gasteiger partial charge >= 0.3 is 0 Å². The molecule has 1 aromatic heterocycles. The lowest BCUT2D eigenvalue weighted by Crippen LogP contribution is -2.32. The van der Waals surface area contributed by atoms with Crippen molar-refractivity contribution < 1.29 is 4.79 Å². The predicted octanol–water partition coefficient (Wildman–Crippen LogP) is 3.23. The van der Waals surface area contributed by atoms with Crippen LogP contribution in [-0.4, -0.2) is 28.8 Å². The number of aromatic nitrogens is 2. The summed E-state index contributed by atoms with van der Waals surface area (Å²) in [6, 6.07) is 8.18. The Balaban J connectivity index is 1.54. The van der Waals surface area contributed by atoms with E-state index in [0.29, 0.717) is 12.8 Å². The van der Waals surface area contributed by atoms with Crippen LogP contribution in [0, 0.1) is 5.92 Å². The molecule has 1 aliphatic heterocycles. The zero-order chi connectivity index (χ0) is 16.9. The van der Waals surface area contributed by atoms with Gasteiger partial charge in [-0.25, -0.2) is 0 Å². The molecule has 128 valence electrons. The molecule has 1 fully saturated rings. The van der Waals surface area contributed by atoms with Gasteiger partial charge in [-0.15, -0.1) is 0 Å². The zero-order valence-corrected chi connectivity index (χ0v) is 14.5. The summed E-state index contributed by atoms with van der Waals surface area (Å²) in [4.78, 5) is 14.6. The van der Waals surface area contributed by atoms with E-state index in [1.807, 2.05) is 31.6 Å². The summed E-state index contributed by atoms with van der Waals surface area (Å²) in [6.07, 6.45) is 7.42. The molecule has 1 N–H and O–H groups in total. The molecule has 3 rings (SSSR count). The van der Waals surface area contributed by atoms with E-state index in [-0.39, 0.29) is 5.91 Å². The van der Waals surface area contributed by atoms with Gasteiger partial charge in [0.1, 0.15) is 0 Å². The lowest BCUT2D eigenvalue weighted by atomic mass is 9.99. The lowest BCUT2D eigenvalue weighted by Gasteiger charge is -2.32. The van der Waals surface area contributed by atoms with Crippen LogP contribution < -0.4 is 10.2 Å². The molecule has 1 saturated heterocycles. The van der Waals surface area contributed by atoms with Crippen LogP contribution in [-0.2, 0) is 18.3 Å². The van der Waals surface area contributed by atoms with Crippen molar-refractivity contribution in [1.29, 1.82) is 0 Å². The maximum Gasteiger partial charge on any atom is 0.224 e. The minimum Gasteiger partial charge on any atom is -0.371 e. The van der Waals surface area contributed by atoms with E-state index in [1.165, 1.54) is 18.5 Å². The van der Waals surface area contributed by atoms with Crippen LogP contribution in [0.1, 0.15) is 31.7 Å². The third-order valence-corrected chi connectivity index (χ3v) is 4.68. The highest BCUT2D eigenvalue weighted by molar-refractivity contribution is 5.91. The smallest absolute Gasteiger partial charge is 0.224 e. The molecule has 2 aromatic rings. The first-order chi connectivity index (χ1) is 11.6. The van der Waals surface area contributed by atoms with Crippen molar-refractivity contribution in [2.45, 2.75) is 32.6 Å². The maximum absolute atomic E-state index is 12.2. The Morgan fingerprint density at radius 2 is 2.12 bits per heavy atom. The number of piperidine rings is 1. The number of rotatable bonds is 5. The van der Waals surface area contributed by atoms with Crippen molar-refractivity contribution in [3.8, 4) is 0 Å². The number of benzene rings is 1. The van der Waals surface area contributed by atoms with Gasteiger partial charge in [0.25, 0.3) is 0 Å². The van der Waals surface area contributed by atoms with Gasteiger partial charge in [-0.2, -0.15) is 5.10 Å². The zero-order valence-electron chi connectivity index (χ0n) is 14.5. The Kier molecular flexibility index (Phi) is 5.18. The molecule has 0 unspecified atom stereocenters. The second kappa shape index (κ2) is 7.51. The van der Waals surface area contributed by atoms with Gasteiger partial charge in [0.15, 0.2) is 0 Å². The normalized spacial score (nSPS) is 15.5. The van der Waals surface area contributed by atoms with Crippen molar-refractivity contribution in [3.05, 3.63) is 42.2 Å². The van der Waals surface area contributed by atoms with E-state index in [4.69, 9.17) is 0 Å². The van der Waals surface area contributed by atoms with Gasteiger partial charge in [-0.3, -0.25) is 9.48 Å². The van der Waals surface area contributed by atoms with Gasteiger partial charge in [0, 0.05) is 44.1 Å². The molecule has 0 radical (unpaired) electrons. The van der Waals surface area contributed by atoms with E-state index in [0.717, 1.165) is 30.3 Å². The molecule has 5 nitrogen and oxygen atoms in total. The molecule has 0 saturated carbocycles. The van der Waals surface area contributed by atoms with Gasteiger partial charge in [0.05, 0.1) is 6.20 Å². The fourth-order valence-electron chi connectivity index (χ4n) is 3.13. The first-order valence-electron chi connectivity index (χ1n) is 8.72. The third-order valence-electron chi connectivity index (χ3n) is 4.68. The molecule has 0 aliphatic carbocycles. The summed E-state index contributed by atoms with van der Waals surface area (Å²) in [5, 5.41) is 7.14. The highest BCUT2D eigenvalue weighted by Crippen LogP contribution is 2.25. The largest absolute Gasteiger partial charge is 0.371 e. The van der Waals surface area contributed by atoms with Crippen LogP contribution in [0.4, 0.5) is 11.4 Å². The molecule has 0 atom stereocenters. The van der Waals surface area contributed by atoms with Gasteiger partial charge < -0.3 is 10.2 Å². The molecule has 24 heavy (non-hydrogen) atoms. The molecule has 0 bridgehead atoms. The fourth-order valence-corrected chi connectivity index (χ4v) is 3.13. The summed E-state index contributed by atoms with van der Waals surface area (Å²) >= 11 is 0.